The lowest BCUT2D eigenvalue weighted by Gasteiger charge is -2.30. The highest BCUT2D eigenvalue weighted by Crippen LogP contribution is 2.33. The second kappa shape index (κ2) is 13.3. The van der Waals surface area contributed by atoms with Gasteiger partial charge < -0.3 is 31.2 Å². The van der Waals surface area contributed by atoms with Crippen LogP contribution in [0.2, 0.25) is 0 Å². The molecule has 4 atom stereocenters. The van der Waals surface area contributed by atoms with Crippen LogP contribution < -0.4 is 21.7 Å². The fourth-order valence-electron chi connectivity index (χ4n) is 3.76. The van der Waals surface area contributed by atoms with Crippen molar-refractivity contribution in [2.24, 2.45) is 5.73 Å². The van der Waals surface area contributed by atoms with Gasteiger partial charge in [0.05, 0.1) is 31.9 Å². The Labute approximate surface area is 197 Å². The van der Waals surface area contributed by atoms with Gasteiger partial charge >= 0.3 is 6.03 Å². The number of urea groups is 1. The van der Waals surface area contributed by atoms with Crippen molar-refractivity contribution in [2.75, 3.05) is 32.2 Å². The molecular formula is C20H34N4O6S2. The van der Waals surface area contributed by atoms with Crippen molar-refractivity contribution in [3.8, 4) is 0 Å². The van der Waals surface area contributed by atoms with Crippen LogP contribution >= 0.6 is 23.5 Å². The first-order chi connectivity index (χ1) is 15.3. The number of carbonyl (C=O) groups excluding carboxylic acids is 4. The van der Waals surface area contributed by atoms with Crippen LogP contribution in [0.3, 0.4) is 0 Å². The molecule has 0 aromatic rings. The molecule has 1 unspecified atom stereocenters. The molecular weight excluding hydrogens is 456 g/mol. The van der Waals surface area contributed by atoms with E-state index >= 15 is 0 Å². The van der Waals surface area contributed by atoms with Gasteiger partial charge in [0.1, 0.15) is 0 Å². The predicted molar refractivity (Wildman–Crippen MR) is 124 cm³/mol. The number of thioether (sulfide) groups is 2. The molecule has 10 nitrogen and oxygen atoms in total. The molecule has 182 valence electrons. The van der Waals surface area contributed by atoms with Crippen LogP contribution in [0.1, 0.15) is 46.0 Å². The third-order valence-corrected chi connectivity index (χ3v) is 7.96. The van der Waals surface area contributed by atoms with E-state index in [1.807, 2.05) is 18.7 Å². The minimum absolute atomic E-state index is 0.0823. The van der Waals surface area contributed by atoms with Crippen LogP contribution in [0, 0.1) is 0 Å². The lowest BCUT2D eigenvalue weighted by atomic mass is 10.0. The molecule has 0 saturated carbocycles. The first-order valence-electron chi connectivity index (χ1n) is 10.9. The second-order valence-electron chi connectivity index (χ2n) is 7.76. The van der Waals surface area contributed by atoms with Crippen LogP contribution in [0.25, 0.3) is 0 Å². The molecule has 4 amide bonds. The molecule has 0 spiro atoms. The van der Waals surface area contributed by atoms with E-state index in [-0.39, 0.29) is 48.6 Å². The number of hydrogen-bond donors (Lipinski definition) is 4. The van der Waals surface area contributed by atoms with Crippen molar-refractivity contribution in [1.29, 1.82) is 0 Å². The lowest BCUT2D eigenvalue weighted by Crippen LogP contribution is -2.56. The van der Waals surface area contributed by atoms with Crippen LogP contribution in [0.15, 0.2) is 0 Å². The zero-order valence-electron chi connectivity index (χ0n) is 18.6. The molecule has 2 saturated heterocycles. The molecule has 2 aliphatic heterocycles. The van der Waals surface area contributed by atoms with E-state index in [4.69, 9.17) is 15.2 Å². The summed E-state index contributed by atoms with van der Waals surface area (Å²) in [6.45, 7) is 4.71. The average Bonchev–Trinajstić information content (AvgIpc) is 3.26. The van der Waals surface area contributed by atoms with Gasteiger partial charge in [-0.1, -0.05) is 6.42 Å². The number of hydrogen-bond acceptors (Lipinski definition) is 8. The number of carbonyl (C=O) groups is 4. The molecule has 2 fully saturated rings. The van der Waals surface area contributed by atoms with E-state index in [9.17, 15) is 19.2 Å². The molecule has 2 aliphatic rings. The predicted octanol–water partition coefficient (Wildman–Crippen LogP) is 0.733. The molecule has 5 N–H and O–H groups in total. The number of nitrogens with two attached hydrogens (primary N) is 1. The fourth-order valence-corrected chi connectivity index (χ4v) is 6.25. The Morgan fingerprint density at radius 2 is 1.97 bits per heavy atom. The Hall–Kier alpha value is -1.50. The lowest BCUT2D eigenvalue weighted by molar-refractivity contribution is -0.129. The summed E-state index contributed by atoms with van der Waals surface area (Å²) in [5.74, 6) is -0.220. The number of rotatable bonds is 15. The van der Waals surface area contributed by atoms with Crippen molar-refractivity contribution in [2.45, 2.75) is 68.2 Å². The summed E-state index contributed by atoms with van der Waals surface area (Å²) in [4.78, 5) is 46.4. The Morgan fingerprint density at radius 1 is 1.22 bits per heavy atom. The van der Waals surface area contributed by atoms with Gasteiger partial charge in [-0.05, 0) is 31.5 Å². The zero-order chi connectivity index (χ0) is 23.6. The molecule has 0 aromatic carbocycles. The molecule has 0 aliphatic carbocycles. The maximum Gasteiger partial charge on any atom is 0.315 e. The topological polar surface area (TPSA) is 149 Å². The molecule has 0 aromatic heterocycles. The Bertz CT molecular complexity index is 682. The summed E-state index contributed by atoms with van der Waals surface area (Å²) < 4.78 is 10.6. The van der Waals surface area contributed by atoms with Crippen LogP contribution in [0.5, 0.6) is 0 Å². The highest BCUT2D eigenvalue weighted by Gasteiger charge is 2.43. The smallest absolute Gasteiger partial charge is 0.315 e. The van der Waals surface area contributed by atoms with Crippen molar-refractivity contribution in [1.82, 2.24) is 16.0 Å². The van der Waals surface area contributed by atoms with Crippen molar-refractivity contribution in [3.05, 3.63) is 0 Å². The molecule has 0 bridgehead atoms. The van der Waals surface area contributed by atoms with Gasteiger partial charge in [-0.15, -0.1) is 0 Å². The van der Waals surface area contributed by atoms with E-state index in [2.05, 4.69) is 16.0 Å². The van der Waals surface area contributed by atoms with Gasteiger partial charge in [-0.25, -0.2) is 4.79 Å². The summed E-state index contributed by atoms with van der Waals surface area (Å²) in [5, 5.41) is 8.55. The van der Waals surface area contributed by atoms with E-state index in [0.717, 1.165) is 18.6 Å². The largest absolute Gasteiger partial charge is 0.379 e. The Kier molecular flexibility index (Phi) is 11.1. The maximum atomic E-state index is 12.6. The number of unbranched alkanes of at least 4 members (excludes halogenated alkanes) is 1. The first kappa shape index (κ1) is 26.7. The quantitative estimate of drug-likeness (QED) is 0.149. The van der Waals surface area contributed by atoms with Gasteiger partial charge in [0, 0.05) is 37.4 Å². The highest BCUT2D eigenvalue weighted by atomic mass is 32.2. The minimum Gasteiger partial charge on any atom is -0.379 e. The van der Waals surface area contributed by atoms with Crippen LogP contribution in [0.4, 0.5) is 4.79 Å². The Balaban J connectivity index is 1.78. The number of nitrogens with one attached hydrogen (secondary N) is 3. The monoisotopic (exact) mass is 490 g/mol. The molecule has 2 heterocycles. The molecule has 0 radical (unpaired) electrons. The van der Waals surface area contributed by atoms with Crippen LogP contribution in [-0.2, 0) is 23.9 Å². The van der Waals surface area contributed by atoms with E-state index in [0.29, 0.717) is 43.3 Å². The summed E-state index contributed by atoms with van der Waals surface area (Å²) in [6, 6.07) is 0.201. The van der Waals surface area contributed by atoms with Crippen molar-refractivity contribution < 1.29 is 28.7 Å². The standard InChI is InChI=1S/C20H34N4O6S2/c1-3-29-10-11-30-9-8-20(18(21)27,32-13(2)25)24-16(26)7-5-4-6-15-17-14(12-31-15)22-19(28)23-17/h14-15,17H,3-12H2,1-2H3,(H2,21,27)(H,24,26)(H2,22,23,28)/t14-,15-,17-,20?/m0/s1. The SMILES string of the molecule is CCOCCOCCC(NC(=O)CCCC[C@@H]1SC[C@@H]2NC(=O)N[C@@H]21)(SC(C)=O)C(N)=O. The van der Waals surface area contributed by atoms with Crippen molar-refractivity contribution >= 4 is 46.5 Å². The van der Waals surface area contributed by atoms with Gasteiger partial charge in [-0.2, -0.15) is 11.8 Å². The first-order valence-corrected chi connectivity index (χ1v) is 12.8. The summed E-state index contributed by atoms with van der Waals surface area (Å²) >= 11 is 2.54. The van der Waals surface area contributed by atoms with Crippen LogP contribution in [-0.4, -0.2) is 77.3 Å². The third-order valence-electron chi connectivity index (χ3n) is 5.31. The van der Waals surface area contributed by atoms with Gasteiger partial charge in [0.2, 0.25) is 5.91 Å². The van der Waals surface area contributed by atoms with E-state index < -0.39 is 10.8 Å². The summed E-state index contributed by atoms with van der Waals surface area (Å²) in [6.07, 6.45) is 2.63. The fraction of sp³-hybridized carbons (Fsp3) is 0.800. The van der Waals surface area contributed by atoms with E-state index in [1.165, 1.54) is 6.92 Å². The molecule has 32 heavy (non-hydrogen) atoms. The number of ether oxygens (including phenoxy) is 2. The number of fused-ring (bicyclic) bond motifs is 1. The van der Waals surface area contributed by atoms with E-state index in [1.54, 1.807) is 0 Å². The summed E-state index contributed by atoms with van der Waals surface area (Å²) in [7, 11) is 0. The van der Waals surface area contributed by atoms with Gasteiger partial charge in [-0.3, -0.25) is 14.4 Å². The molecule has 2 rings (SSSR count). The normalized spacial score (nSPS) is 23.7. The number of primary amides is 1. The van der Waals surface area contributed by atoms with Crippen molar-refractivity contribution in [3.63, 3.8) is 0 Å². The number of amides is 4. The second-order valence-corrected chi connectivity index (χ2v) is 10.5. The Morgan fingerprint density at radius 3 is 2.66 bits per heavy atom. The zero-order valence-corrected chi connectivity index (χ0v) is 20.3. The van der Waals surface area contributed by atoms with Gasteiger partial charge in [0.25, 0.3) is 5.91 Å². The average molecular weight is 491 g/mol. The highest BCUT2D eigenvalue weighted by molar-refractivity contribution is 8.15. The summed E-state index contributed by atoms with van der Waals surface area (Å²) in [5.41, 5.74) is 5.58. The third kappa shape index (κ3) is 8.13. The molecule has 12 heteroatoms. The van der Waals surface area contributed by atoms with Gasteiger partial charge in [0.15, 0.2) is 9.99 Å². The minimum atomic E-state index is -1.54. The maximum absolute atomic E-state index is 12.6.